The molecular weight excluding hydrogens is 366 g/mol. The first-order valence-electron chi connectivity index (χ1n) is 10.8. The number of furan rings is 1. The molecular formula is C22H35N5O2. The molecule has 0 radical (unpaired) electrons. The standard InChI is InChI=1S/C22H35N5O2/c1-5-19-18(21(28-4)27(3)26-19)15-24-22(23-13-12-17-10-8-14-29-17)25-20-11-7-6-9-16(20)2/h8,10,14,16,20H,5-7,9,11-13,15H2,1-4H3,(H2,23,24,25). The minimum atomic E-state index is 0.458. The number of hydrogen-bond acceptors (Lipinski definition) is 4. The molecule has 0 spiro atoms. The van der Waals surface area contributed by atoms with Gasteiger partial charge in [0, 0.05) is 26.1 Å². The lowest BCUT2D eigenvalue weighted by Gasteiger charge is -2.31. The van der Waals surface area contributed by atoms with Crippen LogP contribution in [0.1, 0.15) is 56.5 Å². The summed E-state index contributed by atoms with van der Waals surface area (Å²) in [5.41, 5.74) is 2.09. The number of nitrogens with zero attached hydrogens (tertiary/aromatic N) is 3. The number of guanidine groups is 1. The third kappa shape index (κ3) is 5.55. The van der Waals surface area contributed by atoms with Crippen LogP contribution in [-0.2, 0) is 26.4 Å². The largest absolute Gasteiger partial charge is 0.481 e. The average molecular weight is 402 g/mol. The molecule has 0 saturated heterocycles. The van der Waals surface area contributed by atoms with E-state index in [-0.39, 0.29) is 0 Å². The molecule has 1 aliphatic carbocycles. The molecule has 3 rings (SSSR count). The Labute approximate surface area is 173 Å². The Balaban J connectivity index is 1.72. The Morgan fingerprint density at radius 1 is 1.38 bits per heavy atom. The summed E-state index contributed by atoms with van der Waals surface area (Å²) in [5.74, 6) is 3.26. The van der Waals surface area contributed by atoms with Gasteiger partial charge in [-0.25, -0.2) is 9.67 Å². The molecule has 2 heterocycles. The number of aliphatic imine (C=N–C) groups is 1. The molecule has 2 unspecified atom stereocenters. The van der Waals surface area contributed by atoms with Crippen LogP contribution in [0, 0.1) is 5.92 Å². The highest BCUT2D eigenvalue weighted by atomic mass is 16.5. The summed E-state index contributed by atoms with van der Waals surface area (Å²) in [6.07, 6.45) is 8.46. The van der Waals surface area contributed by atoms with Crippen molar-refractivity contribution in [3.05, 3.63) is 35.4 Å². The Kier molecular flexibility index (Phi) is 7.61. The molecule has 29 heavy (non-hydrogen) atoms. The summed E-state index contributed by atoms with van der Waals surface area (Å²) in [6.45, 7) is 5.75. The lowest BCUT2D eigenvalue weighted by atomic mass is 9.86. The van der Waals surface area contributed by atoms with Crippen LogP contribution in [-0.4, -0.2) is 35.4 Å². The summed E-state index contributed by atoms with van der Waals surface area (Å²) in [6, 6.07) is 4.39. The second kappa shape index (κ2) is 10.4. The van der Waals surface area contributed by atoms with Crippen LogP contribution >= 0.6 is 0 Å². The molecule has 160 valence electrons. The minimum absolute atomic E-state index is 0.458. The fourth-order valence-corrected chi connectivity index (χ4v) is 4.08. The number of aryl methyl sites for hydroxylation is 2. The summed E-state index contributed by atoms with van der Waals surface area (Å²) >= 11 is 0. The van der Waals surface area contributed by atoms with E-state index in [1.165, 1.54) is 25.7 Å². The zero-order valence-corrected chi connectivity index (χ0v) is 18.2. The van der Waals surface area contributed by atoms with E-state index in [2.05, 4.69) is 29.6 Å². The first-order valence-corrected chi connectivity index (χ1v) is 10.8. The summed E-state index contributed by atoms with van der Waals surface area (Å²) in [5, 5.41) is 11.7. The second-order valence-electron chi connectivity index (χ2n) is 7.85. The van der Waals surface area contributed by atoms with Crippen molar-refractivity contribution in [2.24, 2.45) is 18.0 Å². The fraction of sp³-hybridized carbons (Fsp3) is 0.636. The summed E-state index contributed by atoms with van der Waals surface area (Å²) in [4.78, 5) is 4.90. The van der Waals surface area contributed by atoms with Crippen molar-refractivity contribution < 1.29 is 9.15 Å². The molecule has 7 heteroatoms. The lowest BCUT2D eigenvalue weighted by Crippen LogP contribution is -2.47. The molecule has 0 amide bonds. The quantitative estimate of drug-likeness (QED) is 0.523. The Hall–Kier alpha value is -2.44. The maximum absolute atomic E-state index is 5.57. The molecule has 1 aliphatic rings. The van der Waals surface area contributed by atoms with E-state index in [0.717, 1.165) is 48.2 Å². The zero-order valence-electron chi connectivity index (χ0n) is 18.2. The molecule has 7 nitrogen and oxygen atoms in total. The van der Waals surface area contributed by atoms with E-state index in [1.807, 2.05) is 19.2 Å². The monoisotopic (exact) mass is 401 g/mol. The van der Waals surface area contributed by atoms with E-state index in [9.17, 15) is 0 Å². The average Bonchev–Trinajstić information content (AvgIpc) is 3.34. The van der Waals surface area contributed by atoms with E-state index in [1.54, 1.807) is 18.1 Å². The molecule has 2 atom stereocenters. The number of nitrogens with one attached hydrogen (secondary N) is 2. The highest BCUT2D eigenvalue weighted by Crippen LogP contribution is 2.24. The molecule has 2 aromatic rings. The van der Waals surface area contributed by atoms with E-state index >= 15 is 0 Å². The predicted octanol–water partition coefficient (Wildman–Crippen LogP) is 3.44. The van der Waals surface area contributed by atoms with E-state index < -0.39 is 0 Å². The van der Waals surface area contributed by atoms with Gasteiger partial charge in [0.05, 0.1) is 31.2 Å². The molecule has 1 saturated carbocycles. The normalized spacial score (nSPS) is 19.9. The van der Waals surface area contributed by atoms with Crippen molar-refractivity contribution in [3.63, 3.8) is 0 Å². The van der Waals surface area contributed by atoms with Crippen molar-refractivity contribution in [2.45, 2.75) is 65.0 Å². The van der Waals surface area contributed by atoms with Gasteiger partial charge in [0.1, 0.15) is 5.76 Å². The second-order valence-corrected chi connectivity index (χ2v) is 7.85. The van der Waals surface area contributed by atoms with Crippen molar-refractivity contribution in [2.75, 3.05) is 13.7 Å². The van der Waals surface area contributed by atoms with Gasteiger partial charge in [-0.15, -0.1) is 0 Å². The predicted molar refractivity (Wildman–Crippen MR) is 115 cm³/mol. The molecule has 1 fully saturated rings. The Bertz CT molecular complexity index is 781. The molecule has 0 bridgehead atoms. The topological polar surface area (TPSA) is 76.6 Å². The number of methoxy groups -OCH3 is 1. The third-order valence-corrected chi connectivity index (χ3v) is 5.77. The summed E-state index contributed by atoms with van der Waals surface area (Å²) in [7, 11) is 3.60. The van der Waals surface area contributed by atoms with Gasteiger partial charge in [0.25, 0.3) is 0 Å². The van der Waals surface area contributed by atoms with Crippen LogP contribution in [0.15, 0.2) is 27.8 Å². The van der Waals surface area contributed by atoms with Crippen LogP contribution < -0.4 is 15.4 Å². The maximum atomic E-state index is 5.57. The molecule has 0 aromatic carbocycles. The van der Waals surface area contributed by atoms with Gasteiger partial charge in [-0.05, 0) is 37.3 Å². The smallest absolute Gasteiger partial charge is 0.216 e. The molecule has 0 aliphatic heterocycles. The van der Waals surface area contributed by atoms with Crippen molar-refractivity contribution >= 4 is 5.96 Å². The minimum Gasteiger partial charge on any atom is -0.481 e. The first kappa shape index (κ1) is 21.3. The fourth-order valence-electron chi connectivity index (χ4n) is 4.08. The van der Waals surface area contributed by atoms with Crippen molar-refractivity contribution in [1.29, 1.82) is 0 Å². The summed E-state index contributed by atoms with van der Waals surface area (Å²) < 4.78 is 12.8. The Morgan fingerprint density at radius 2 is 2.21 bits per heavy atom. The van der Waals surface area contributed by atoms with Gasteiger partial charge in [-0.3, -0.25) is 0 Å². The van der Waals surface area contributed by atoms with Gasteiger partial charge in [-0.1, -0.05) is 26.7 Å². The molecule has 2 aromatic heterocycles. The third-order valence-electron chi connectivity index (χ3n) is 5.77. The van der Waals surface area contributed by atoms with Gasteiger partial charge in [0.2, 0.25) is 5.88 Å². The first-order chi connectivity index (χ1) is 14.1. The van der Waals surface area contributed by atoms with Crippen molar-refractivity contribution in [3.8, 4) is 5.88 Å². The van der Waals surface area contributed by atoms with Crippen molar-refractivity contribution in [1.82, 2.24) is 20.4 Å². The molecule has 2 N–H and O–H groups in total. The highest BCUT2D eigenvalue weighted by molar-refractivity contribution is 5.80. The van der Waals surface area contributed by atoms with Crippen LogP contribution in [0.3, 0.4) is 0 Å². The van der Waals surface area contributed by atoms with Crippen LogP contribution in [0.5, 0.6) is 5.88 Å². The van der Waals surface area contributed by atoms with Gasteiger partial charge in [-0.2, -0.15) is 5.10 Å². The van der Waals surface area contributed by atoms with Crippen LogP contribution in [0.4, 0.5) is 0 Å². The lowest BCUT2D eigenvalue weighted by molar-refractivity contribution is 0.306. The number of rotatable bonds is 8. The van der Waals surface area contributed by atoms with Gasteiger partial charge in [0.15, 0.2) is 5.96 Å². The van der Waals surface area contributed by atoms with Crippen LogP contribution in [0.25, 0.3) is 0 Å². The number of hydrogen-bond donors (Lipinski definition) is 2. The van der Waals surface area contributed by atoms with Gasteiger partial charge < -0.3 is 19.8 Å². The maximum Gasteiger partial charge on any atom is 0.216 e. The zero-order chi connectivity index (χ0) is 20.6. The number of aromatic nitrogens is 2. The van der Waals surface area contributed by atoms with E-state index in [4.69, 9.17) is 14.1 Å². The van der Waals surface area contributed by atoms with Gasteiger partial charge >= 0.3 is 0 Å². The van der Waals surface area contributed by atoms with Crippen LogP contribution in [0.2, 0.25) is 0 Å². The SMILES string of the molecule is CCc1nn(C)c(OC)c1CN=C(NCCc1ccco1)NC1CCCCC1C. The Morgan fingerprint density at radius 3 is 2.90 bits per heavy atom. The highest BCUT2D eigenvalue weighted by Gasteiger charge is 2.22. The number of ether oxygens (including phenoxy) is 1. The van der Waals surface area contributed by atoms with E-state index in [0.29, 0.717) is 18.5 Å².